The third-order valence-corrected chi connectivity index (χ3v) is 6.38. The molecule has 140 valence electrons. The second-order valence-corrected chi connectivity index (χ2v) is 8.08. The van der Waals surface area contributed by atoms with Crippen LogP contribution in [0.25, 0.3) is 0 Å². The Bertz CT molecular complexity index is 898. The average molecular weight is 378 g/mol. The highest BCUT2D eigenvalue weighted by Gasteiger charge is 2.29. The molecule has 0 saturated carbocycles. The number of aryl methyl sites for hydroxylation is 1. The van der Waals surface area contributed by atoms with Crippen LogP contribution in [0.3, 0.4) is 0 Å². The minimum atomic E-state index is -3.69. The Hall–Kier alpha value is -2.32. The van der Waals surface area contributed by atoms with Gasteiger partial charge in [0, 0.05) is 18.8 Å². The maximum Gasteiger partial charge on any atom is 0.259 e. The van der Waals surface area contributed by atoms with E-state index in [2.05, 4.69) is 5.32 Å². The number of nitrogens with one attached hydrogen (secondary N) is 1. The molecule has 1 aromatic carbocycles. The third kappa shape index (κ3) is 3.61. The van der Waals surface area contributed by atoms with E-state index in [9.17, 15) is 13.2 Å². The molecule has 1 amide bonds. The highest BCUT2D eigenvalue weighted by molar-refractivity contribution is 7.89. The molecule has 26 heavy (non-hydrogen) atoms. The van der Waals surface area contributed by atoms with Gasteiger partial charge in [0.1, 0.15) is 16.4 Å². The number of hydrogen-bond donors (Lipinski definition) is 1. The number of nitrogens with zero attached hydrogens (tertiary/aromatic N) is 1. The summed E-state index contributed by atoms with van der Waals surface area (Å²) in [5.74, 6) is 0.396. The van der Waals surface area contributed by atoms with Crippen molar-refractivity contribution in [1.82, 2.24) is 4.31 Å². The lowest BCUT2D eigenvalue weighted by Crippen LogP contribution is -2.35. The number of furan rings is 1. The van der Waals surface area contributed by atoms with E-state index < -0.39 is 10.0 Å². The molecule has 2 aromatic rings. The molecule has 0 unspecified atom stereocenters. The lowest BCUT2D eigenvalue weighted by Gasteiger charge is -2.26. The predicted octanol–water partition coefficient (Wildman–Crippen LogP) is 3.02. The summed E-state index contributed by atoms with van der Waals surface area (Å²) in [6.45, 7) is 2.68. The molecule has 1 aromatic heterocycles. The number of ether oxygens (including phenoxy) is 1. The summed E-state index contributed by atoms with van der Waals surface area (Å²) in [5.41, 5.74) is 0.785. The van der Waals surface area contributed by atoms with Crippen LogP contribution in [0, 0.1) is 6.92 Å². The lowest BCUT2D eigenvalue weighted by atomic mass is 10.2. The number of sulfonamides is 1. The first-order chi connectivity index (χ1) is 12.4. The first-order valence-electron chi connectivity index (χ1n) is 8.47. The van der Waals surface area contributed by atoms with Crippen LogP contribution in [0.15, 0.2) is 39.8 Å². The Balaban J connectivity index is 1.91. The van der Waals surface area contributed by atoms with Crippen LogP contribution in [-0.4, -0.2) is 38.8 Å². The van der Waals surface area contributed by atoms with Crippen LogP contribution < -0.4 is 10.1 Å². The van der Waals surface area contributed by atoms with Gasteiger partial charge < -0.3 is 14.5 Å². The van der Waals surface area contributed by atoms with Crippen molar-refractivity contribution in [2.24, 2.45) is 0 Å². The SMILES string of the molecule is COc1ccc(NC(=O)c2ccoc2C)cc1S(=O)(=O)N1CCCCC1. The number of carbonyl (C=O) groups excluding carboxylic acids is 1. The fourth-order valence-electron chi connectivity index (χ4n) is 3.02. The molecule has 1 N–H and O–H groups in total. The molecule has 7 nitrogen and oxygen atoms in total. The number of anilines is 1. The van der Waals surface area contributed by atoms with E-state index in [1.165, 1.54) is 23.7 Å². The Morgan fingerprint density at radius 2 is 1.92 bits per heavy atom. The summed E-state index contributed by atoms with van der Waals surface area (Å²) in [4.78, 5) is 12.4. The smallest absolute Gasteiger partial charge is 0.259 e. The van der Waals surface area contributed by atoms with Crippen molar-refractivity contribution >= 4 is 21.6 Å². The van der Waals surface area contributed by atoms with Crippen molar-refractivity contribution in [3.05, 3.63) is 41.9 Å². The van der Waals surface area contributed by atoms with E-state index in [1.54, 1.807) is 25.1 Å². The van der Waals surface area contributed by atoms with Gasteiger partial charge in [0.15, 0.2) is 0 Å². The van der Waals surface area contributed by atoms with Crippen LogP contribution in [0.4, 0.5) is 5.69 Å². The van der Waals surface area contributed by atoms with Crippen molar-refractivity contribution in [3.63, 3.8) is 0 Å². The highest BCUT2D eigenvalue weighted by atomic mass is 32.2. The molecule has 1 aliphatic rings. The quantitative estimate of drug-likeness (QED) is 0.864. The number of methoxy groups -OCH3 is 1. The lowest BCUT2D eigenvalue weighted by molar-refractivity contribution is 0.102. The van der Waals surface area contributed by atoms with Gasteiger partial charge in [-0.1, -0.05) is 6.42 Å². The van der Waals surface area contributed by atoms with Gasteiger partial charge in [0.05, 0.1) is 18.9 Å². The van der Waals surface area contributed by atoms with Gasteiger partial charge in [-0.25, -0.2) is 8.42 Å². The average Bonchev–Trinajstić information content (AvgIpc) is 3.08. The largest absolute Gasteiger partial charge is 0.495 e. The molecule has 2 heterocycles. The van der Waals surface area contributed by atoms with Crippen LogP contribution in [0.5, 0.6) is 5.75 Å². The van der Waals surface area contributed by atoms with Crippen molar-refractivity contribution in [1.29, 1.82) is 0 Å². The van der Waals surface area contributed by atoms with Crippen molar-refractivity contribution in [2.75, 3.05) is 25.5 Å². The Labute approximate surface area is 153 Å². The van der Waals surface area contributed by atoms with Gasteiger partial charge in [0.25, 0.3) is 5.91 Å². The fourth-order valence-corrected chi connectivity index (χ4v) is 4.72. The Kier molecular flexibility index (Phi) is 5.33. The van der Waals surface area contributed by atoms with E-state index in [4.69, 9.17) is 9.15 Å². The maximum absolute atomic E-state index is 13.0. The zero-order chi connectivity index (χ0) is 18.7. The molecule has 1 saturated heterocycles. The third-order valence-electron chi connectivity index (χ3n) is 4.46. The summed E-state index contributed by atoms with van der Waals surface area (Å²) < 4.78 is 37.9. The molecule has 3 rings (SSSR count). The zero-order valence-corrected chi connectivity index (χ0v) is 15.6. The number of rotatable bonds is 5. The summed E-state index contributed by atoms with van der Waals surface area (Å²) >= 11 is 0. The summed E-state index contributed by atoms with van der Waals surface area (Å²) in [6, 6.07) is 6.17. The minimum Gasteiger partial charge on any atom is -0.495 e. The van der Waals surface area contributed by atoms with Gasteiger partial charge >= 0.3 is 0 Å². The van der Waals surface area contributed by atoms with Gasteiger partial charge in [-0.3, -0.25) is 4.79 Å². The van der Waals surface area contributed by atoms with Crippen LogP contribution >= 0.6 is 0 Å². The molecule has 1 fully saturated rings. The first kappa shape index (κ1) is 18.5. The number of amides is 1. The molecule has 8 heteroatoms. The molecule has 0 aliphatic carbocycles. The maximum atomic E-state index is 13.0. The first-order valence-corrected chi connectivity index (χ1v) is 9.91. The zero-order valence-electron chi connectivity index (χ0n) is 14.8. The molecule has 0 bridgehead atoms. The van der Waals surface area contributed by atoms with E-state index in [1.807, 2.05) is 0 Å². The summed E-state index contributed by atoms with van der Waals surface area (Å²) in [7, 11) is -2.26. The Morgan fingerprint density at radius 3 is 2.54 bits per heavy atom. The molecule has 0 spiro atoms. The number of carbonyl (C=O) groups is 1. The summed E-state index contributed by atoms with van der Waals surface area (Å²) in [5, 5.41) is 2.71. The van der Waals surface area contributed by atoms with E-state index in [-0.39, 0.29) is 16.6 Å². The second-order valence-electron chi connectivity index (χ2n) is 6.17. The molecule has 0 radical (unpaired) electrons. The fraction of sp³-hybridized carbons (Fsp3) is 0.389. The molecular weight excluding hydrogens is 356 g/mol. The van der Waals surface area contributed by atoms with Gasteiger partial charge in [-0.15, -0.1) is 0 Å². The Morgan fingerprint density at radius 1 is 1.19 bits per heavy atom. The summed E-state index contributed by atoms with van der Waals surface area (Å²) in [6.07, 6.45) is 4.16. The van der Waals surface area contributed by atoms with Gasteiger partial charge in [-0.05, 0) is 44.0 Å². The molecule has 0 atom stereocenters. The molecular formula is C18H22N2O5S. The van der Waals surface area contributed by atoms with E-state index >= 15 is 0 Å². The minimum absolute atomic E-state index is 0.0589. The van der Waals surface area contributed by atoms with Crippen LogP contribution in [-0.2, 0) is 10.0 Å². The number of benzene rings is 1. The van der Waals surface area contributed by atoms with Crippen molar-refractivity contribution in [2.45, 2.75) is 31.1 Å². The highest BCUT2D eigenvalue weighted by Crippen LogP contribution is 2.31. The number of piperidine rings is 1. The van der Waals surface area contributed by atoms with E-state index in [0.29, 0.717) is 30.1 Å². The van der Waals surface area contributed by atoms with E-state index in [0.717, 1.165) is 19.3 Å². The normalized spacial score (nSPS) is 15.6. The van der Waals surface area contributed by atoms with Gasteiger partial charge in [0.2, 0.25) is 10.0 Å². The molecule has 1 aliphatic heterocycles. The number of hydrogen-bond acceptors (Lipinski definition) is 5. The topological polar surface area (TPSA) is 88.8 Å². The second kappa shape index (κ2) is 7.51. The van der Waals surface area contributed by atoms with Crippen molar-refractivity contribution < 1.29 is 22.4 Å². The van der Waals surface area contributed by atoms with Crippen LogP contribution in [0.1, 0.15) is 35.4 Å². The monoisotopic (exact) mass is 378 g/mol. The predicted molar refractivity (Wildman–Crippen MR) is 97.0 cm³/mol. The van der Waals surface area contributed by atoms with Crippen LogP contribution in [0.2, 0.25) is 0 Å². The van der Waals surface area contributed by atoms with Gasteiger partial charge in [-0.2, -0.15) is 4.31 Å². The standard InChI is InChI=1S/C18H22N2O5S/c1-13-15(8-11-25-13)18(21)19-14-6-7-16(24-2)17(12-14)26(22,23)20-9-4-3-5-10-20/h6-8,11-12H,3-5,9-10H2,1-2H3,(H,19,21). The van der Waals surface area contributed by atoms with Crippen molar-refractivity contribution in [3.8, 4) is 5.75 Å².